The molecule has 0 saturated carbocycles. The fraction of sp³-hybridized carbons (Fsp3) is 0.562. The Kier molecular flexibility index (Phi) is 4.75. The summed E-state index contributed by atoms with van der Waals surface area (Å²) in [6.45, 7) is 10.8. The Morgan fingerprint density at radius 3 is 1.82 bits per heavy atom. The van der Waals surface area contributed by atoms with E-state index in [1.54, 1.807) is 0 Å². The third-order valence-electron chi connectivity index (χ3n) is 3.15. The molecule has 1 aromatic rings. The average molecular weight is 229 g/mol. The lowest BCUT2D eigenvalue weighted by molar-refractivity contribution is 0.813. The molecule has 1 heteroatoms. The largest absolute Gasteiger partial charge is 0.192 e. The van der Waals surface area contributed by atoms with Gasteiger partial charge in [-0.2, -0.15) is 5.26 Å². The van der Waals surface area contributed by atoms with Crippen molar-refractivity contribution in [3.8, 4) is 6.07 Å². The predicted octanol–water partition coefficient (Wildman–Crippen LogP) is 4.76. The van der Waals surface area contributed by atoms with Crippen LogP contribution < -0.4 is 0 Å². The number of hydrogen-bond donors (Lipinski definition) is 0. The zero-order valence-electron chi connectivity index (χ0n) is 11.7. The minimum atomic E-state index is 0.416. The van der Waals surface area contributed by atoms with Crippen LogP contribution in [0.4, 0.5) is 0 Å². The molecule has 0 aromatic heterocycles. The van der Waals surface area contributed by atoms with Gasteiger partial charge < -0.3 is 0 Å². The van der Waals surface area contributed by atoms with E-state index in [-0.39, 0.29) is 0 Å². The molecule has 0 bridgehead atoms. The molecular weight excluding hydrogens is 206 g/mol. The molecular formula is C16H23N. The molecule has 0 spiro atoms. The highest BCUT2D eigenvalue weighted by Crippen LogP contribution is 2.29. The molecule has 17 heavy (non-hydrogen) atoms. The summed E-state index contributed by atoms with van der Waals surface area (Å²) >= 11 is 0. The summed E-state index contributed by atoms with van der Waals surface area (Å²) < 4.78 is 0. The highest BCUT2D eigenvalue weighted by molar-refractivity contribution is 5.49. The van der Waals surface area contributed by atoms with Crippen LogP contribution in [0.15, 0.2) is 12.1 Å². The van der Waals surface area contributed by atoms with Crippen LogP contribution in [-0.2, 0) is 6.42 Å². The fourth-order valence-corrected chi connectivity index (χ4v) is 2.22. The van der Waals surface area contributed by atoms with Gasteiger partial charge in [-0.05, 0) is 34.9 Å². The molecule has 0 aliphatic carbocycles. The Hall–Kier alpha value is -1.29. The Bertz CT molecular complexity index is 393. The standard InChI is InChI=1S/C16H23N/c1-6-7-13-8-14(11(2)3)16(10-17)15(9-13)12(4)5/h8-9,11-12H,6-7H2,1-5H3. The van der Waals surface area contributed by atoms with Crippen molar-refractivity contribution in [1.29, 1.82) is 5.26 Å². The van der Waals surface area contributed by atoms with Crippen LogP contribution >= 0.6 is 0 Å². The second-order valence-corrected chi connectivity index (χ2v) is 5.32. The van der Waals surface area contributed by atoms with Crippen molar-refractivity contribution in [2.45, 2.75) is 59.3 Å². The van der Waals surface area contributed by atoms with Gasteiger partial charge in [0, 0.05) is 0 Å². The van der Waals surface area contributed by atoms with Gasteiger partial charge in [-0.1, -0.05) is 53.2 Å². The zero-order chi connectivity index (χ0) is 13.0. The fourth-order valence-electron chi connectivity index (χ4n) is 2.22. The molecule has 0 aliphatic heterocycles. The van der Waals surface area contributed by atoms with Crippen molar-refractivity contribution in [3.05, 3.63) is 34.4 Å². The van der Waals surface area contributed by atoms with Crippen LogP contribution in [0.2, 0.25) is 0 Å². The first-order valence-electron chi connectivity index (χ1n) is 6.58. The van der Waals surface area contributed by atoms with Gasteiger partial charge in [0.05, 0.1) is 11.6 Å². The van der Waals surface area contributed by atoms with E-state index in [2.05, 4.69) is 52.8 Å². The van der Waals surface area contributed by atoms with E-state index in [9.17, 15) is 5.26 Å². The SMILES string of the molecule is CCCc1cc(C(C)C)c(C#N)c(C(C)C)c1. The van der Waals surface area contributed by atoms with Crippen molar-refractivity contribution < 1.29 is 0 Å². The van der Waals surface area contributed by atoms with Crippen molar-refractivity contribution in [3.63, 3.8) is 0 Å². The van der Waals surface area contributed by atoms with Crippen molar-refractivity contribution in [2.24, 2.45) is 0 Å². The summed E-state index contributed by atoms with van der Waals surface area (Å²) in [6, 6.07) is 6.84. The monoisotopic (exact) mass is 229 g/mol. The molecule has 0 atom stereocenters. The van der Waals surface area contributed by atoms with E-state index in [4.69, 9.17) is 0 Å². The lowest BCUT2D eigenvalue weighted by Crippen LogP contribution is -2.03. The van der Waals surface area contributed by atoms with Gasteiger partial charge in [0.15, 0.2) is 0 Å². The normalized spacial score (nSPS) is 10.9. The van der Waals surface area contributed by atoms with Gasteiger partial charge in [-0.3, -0.25) is 0 Å². The summed E-state index contributed by atoms with van der Waals surface area (Å²) in [7, 11) is 0. The maximum atomic E-state index is 9.37. The number of hydrogen-bond acceptors (Lipinski definition) is 1. The molecule has 0 unspecified atom stereocenters. The maximum Gasteiger partial charge on any atom is 0.0997 e. The first-order valence-corrected chi connectivity index (χ1v) is 6.58. The summed E-state index contributed by atoms with van der Waals surface area (Å²) in [4.78, 5) is 0. The van der Waals surface area contributed by atoms with E-state index in [0.717, 1.165) is 18.4 Å². The van der Waals surface area contributed by atoms with Gasteiger partial charge >= 0.3 is 0 Å². The van der Waals surface area contributed by atoms with Crippen LogP contribution in [-0.4, -0.2) is 0 Å². The quantitative estimate of drug-likeness (QED) is 0.730. The number of aryl methyl sites for hydroxylation is 1. The van der Waals surface area contributed by atoms with Crippen LogP contribution in [0, 0.1) is 11.3 Å². The minimum Gasteiger partial charge on any atom is -0.192 e. The molecule has 0 saturated heterocycles. The van der Waals surface area contributed by atoms with Crippen LogP contribution in [0.5, 0.6) is 0 Å². The van der Waals surface area contributed by atoms with E-state index in [0.29, 0.717) is 11.8 Å². The van der Waals surface area contributed by atoms with E-state index >= 15 is 0 Å². The zero-order valence-corrected chi connectivity index (χ0v) is 11.7. The lowest BCUT2D eigenvalue weighted by atomic mass is 9.86. The van der Waals surface area contributed by atoms with Crippen molar-refractivity contribution >= 4 is 0 Å². The third kappa shape index (κ3) is 3.09. The second-order valence-electron chi connectivity index (χ2n) is 5.32. The highest BCUT2D eigenvalue weighted by atomic mass is 14.3. The average Bonchev–Trinajstić information content (AvgIpc) is 2.28. The first-order chi connectivity index (χ1) is 8.01. The van der Waals surface area contributed by atoms with Crippen molar-refractivity contribution in [1.82, 2.24) is 0 Å². The van der Waals surface area contributed by atoms with E-state index in [1.165, 1.54) is 16.7 Å². The lowest BCUT2D eigenvalue weighted by Gasteiger charge is -2.17. The minimum absolute atomic E-state index is 0.416. The molecule has 92 valence electrons. The molecule has 0 heterocycles. The van der Waals surface area contributed by atoms with Gasteiger partial charge in [0.1, 0.15) is 0 Å². The predicted molar refractivity (Wildman–Crippen MR) is 73.3 cm³/mol. The van der Waals surface area contributed by atoms with Crippen molar-refractivity contribution in [2.75, 3.05) is 0 Å². The Labute approximate surface area is 105 Å². The Balaban J connectivity index is 3.41. The smallest absolute Gasteiger partial charge is 0.0997 e. The number of rotatable bonds is 4. The summed E-state index contributed by atoms with van der Waals surface area (Å²) in [6.07, 6.45) is 2.26. The molecule has 0 radical (unpaired) electrons. The molecule has 0 amide bonds. The Morgan fingerprint density at radius 1 is 1.06 bits per heavy atom. The number of nitriles is 1. The number of benzene rings is 1. The third-order valence-corrected chi connectivity index (χ3v) is 3.15. The van der Waals surface area contributed by atoms with Gasteiger partial charge in [-0.25, -0.2) is 0 Å². The summed E-state index contributed by atoms with van der Waals surface area (Å²) in [5, 5.41) is 9.37. The topological polar surface area (TPSA) is 23.8 Å². The first kappa shape index (κ1) is 13.8. The van der Waals surface area contributed by atoms with E-state index < -0.39 is 0 Å². The van der Waals surface area contributed by atoms with Gasteiger partial charge in [0.2, 0.25) is 0 Å². The molecule has 0 N–H and O–H groups in total. The van der Waals surface area contributed by atoms with Crippen LogP contribution in [0.25, 0.3) is 0 Å². The van der Waals surface area contributed by atoms with Crippen LogP contribution in [0.3, 0.4) is 0 Å². The summed E-state index contributed by atoms with van der Waals surface area (Å²) in [5.41, 5.74) is 4.69. The van der Waals surface area contributed by atoms with Gasteiger partial charge in [-0.15, -0.1) is 0 Å². The van der Waals surface area contributed by atoms with Crippen LogP contribution in [0.1, 0.15) is 75.1 Å². The van der Waals surface area contributed by atoms with E-state index in [1.807, 2.05) is 0 Å². The molecule has 1 nitrogen and oxygen atoms in total. The second kappa shape index (κ2) is 5.87. The molecule has 0 aliphatic rings. The summed E-state index contributed by atoms with van der Waals surface area (Å²) in [5.74, 6) is 0.831. The maximum absolute atomic E-state index is 9.37. The molecule has 1 rings (SSSR count). The highest BCUT2D eigenvalue weighted by Gasteiger charge is 2.15. The molecule has 0 fully saturated rings. The number of nitrogens with zero attached hydrogens (tertiary/aromatic N) is 1. The molecule has 1 aromatic carbocycles. The van der Waals surface area contributed by atoms with Gasteiger partial charge in [0.25, 0.3) is 0 Å². The Morgan fingerprint density at radius 2 is 1.53 bits per heavy atom.